The zero-order valence-electron chi connectivity index (χ0n) is 11.7. The van der Waals surface area contributed by atoms with E-state index in [1.165, 1.54) is 12.1 Å². The van der Waals surface area contributed by atoms with Gasteiger partial charge in [0, 0.05) is 7.34 Å². The normalized spacial score (nSPS) is 24.8. The van der Waals surface area contributed by atoms with Crippen molar-refractivity contribution in [3.8, 4) is 0 Å². The van der Waals surface area contributed by atoms with E-state index in [-0.39, 0.29) is 25.1 Å². The maximum absolute atomic E-state index is 12.9. The van der Waals surface area contributed by atoms with Gasteiger partial charge < -0.3 is 5.32 Å². The van der Waals surface area contributed by atoms with Crippen molar-refractivity contribution in [1.29, 1.82) is 0 Å². The summed E-state index contributed by atoms with van der Waals surface area (Å²) >= 11 is 0. The van der Waals surface area contributed by atoms with Crippen LogP contribution in [0.5, 0.6) is 0 Å². The van der Waals surface area contributed by atoms with Crippen molar-refractivity contribution < 1.29 is 10.6 Å². The maximum atomic E-state index is 12.9. The summed E-state index contributed by atoms with van der Waals surface area (Å²) < 4.78 is 12.9. The van der Waals surface area contributed by atoms with E-state index in [0.29, 0.717) is 0 Å². The average Bonchev–Trinajstić information content (AvgIpc) is 2.40. The van der Waals surface area contributed by atoms with E-state index in [1.807, 2.05) is 6.92 Å². The van der Waals surface area contributed by atoms with Crippen molar-refractivity contribution >= 4 is 5.91 Å². The Bertz CT molecular complexity index is 427. The van der Waals surface area contributed by atoms with E-state index in [4.69, 9.17) is 0 Å². The van der Waals surface area contributed by atoms with Gasteiger partial charge in [0.05, 0.1) is 6.04 Å². The van der Waals surface area contributed by atoms with Crippen molar-refractivity contribution in [2.45, 2.75) is 45.6 Å². The lowest BCUT2D eigenvalue weighted by Crippen LogP contribution is -2.34. The number of hydrogen-bond acceptors (Lipinski definition) is 1. The standard InChI is InChI=1S/C16H22FNO.H2/c1-11-3-5-14(6-4-11)16(19)18-12(2)13-7-9-15(17)10-8-13;/h7-12,14H,3-6H2,1-2H3,(H,18,19);1H/t11?,12-,14?;/m1./s1. The van der Waals surface area contributed by atoms with Crippen molar-refractivity contribution in [2.24, 2.45) is 11.8 Å². The molecule has 1 fully saturated rings. The molecule has 1 N–H and O–H groups in total. The van der Waals surface area contributed by atoms with Crippen LogP contribution in [0.25, 0.3) is 0 Å². The smallest absolute Gasteiger partial charge is 0.223 e. The topological polar surface area (TPSA) is 29.1 Å². The summed E-state index contributed by atoms with van der Waals surface area (Å²) in [6.07, 6.45) is 4.26. The number of nitrogens with one attached hydrogen (secondary N) is 1. The Morgan fingerprint density at radius 3 is 2.42 bits per heavy atom. The number of hydrogen-bond donors (Lipinski definition) is 1. The summed E-state index contributed by atoms with van der Waals surface area (Å²) in [6, 6.07) is 6.25. The molecule has 1 aliphatic rings. The minimum Gasteiger partial charge on any atom is -0.349 e. The Labute approximate surface area is 115 Å². The summed E-state index contributed by atoms with van der Waals surface area (Å²) in [7, 11) is 0. The van der Waals surface area contributed by atoms with Crippen LogP contribution < -0.4 is 5.32 Å². The fraction of sp³-hybridized carbons (Fsp3) is 0.562. The van der Waals surface area contributed by atoms with Crippen LogP contribution in [0.15, 0.2) is 24.3 Å². The highest BCUT2D eigenvalue weighted by molar-refractivity contribution is 5.79. The molecular weight excluding hydrogens is 241 g/mol. The lowest BCUT2D eigenvalue weighted by molar-refractivity contribution is -0.126. The first-order valence-electron chi connectivity index (χ1n) is 7.12. The Morgan fingerprint density at radius 2 is 1.84 bits per heavy atom. The molecule has 1 amide bonds. The van der Waals surface area contributed by atoms with E-state index >= 15 is 0 Å². The predicted octanol–water partition coefficient (Wildman–Crippen LogP) is 4.08. The molecule has 3 heteroatoms. The molecule has 2 nitrogen and oxygen atoms in total. The van der Waals surface area contributed by atoms with E-state index < -0.39 is 0 Å². The van der Waals surface area contributed by atoms with Gasteiger partial charge in [-0.3, -0.25) is 4.79 Å². The zero-order chi connectivity index (χ0) is 13.8. The fourth-order valence-corrected chi connectivity index (χ4v) is 2.69. The second-order valence-electron chi connectivity index (χ2n) is 5.74. The molecule has 2 rings (SSSR count). The van der Waals surface area contributed by atoms with Gasteiger partial charge in [0.1, 0.15) is 5.82 Å². The first-order valence-corrected chi connectivity index (χ1v) is 7.12. The first-order chi connectivity index (χ1) is 9.06. The molecule has 0 heterocycles. The van der Waals surface area contributed by atoms with Crippen molar-refractivity contribution in [3.05, 3.63) is 35.6 Å². The summed E-state index contributed by atoms with van der Waals surface area (Å²) in [5.41, 5.74) is 0.943. The molecule has 0 bridgehead atoms. The lowest BCUT2D eigenvalue weighted by atomic mass is 9.82. The summed E-state index contributed by atoms with van der Waals surface area (Å²) in [4.78, 5) is 12.2. The third-order valence-electron chi connectivity index (χ3n) is 4.12. The van der Waals surface area contributed by atoms with E-state index in [0.717, 1.165) is 37.2 Å². The van der Waals surface area contributed by atoms with Crippen molar-refractivity contribution in [3.63, 3.8) is 0 Å². The Kier molecular flexibility index (Phi) is 4.56. The second-order valence-corrected chi connectivity index (χ2v) is 5.74. The summed E-state index contributed by atoms with van der Waals surface area (Å²) in [5, 5.41) is 3.04. The molecule has 1 aliphatic carbocycles. The molecule has 0 spiro atoms. The highest BCUT2D eigenvalue weighted by Crippen LogP contribution is 2.28. The van der Waals surface area contributed by atoms with Crippen LogP contribution in [0.4, 0.5) is 4.39 Å². The molecule has 0 unspecified atom stereocenters. The van der Waals surface area contributed by atoms with Gasteiger partial charge in [0.2, 0.25) is 5.91 Å². The zero-order valence-corrected chi connectivity index (χ0v) is 11.7. The molecule has 0 aliphatic heterocycles. The van der Waals surface area contributed by atoms with Gasteiger partial charge in [0.25, 0.3) is 0 Å². The van der Waals surface area contributed by atoms with Crippen LogP contribution in [-0.2, 0) is 4.79 Å². The molecule has 106 valence electrons. The van der Waals surface area contributed by atoms with E-state index in [1.54, 1.807) is 12.1 Å². The number of amides is 1. The van der Waals surface area contributed by atoms with Crippen LogP contribution >= 0.6 is 0 Å². The van der Waals surface area contributed by atoms with E-state index in [9.17, 15) is 9.18 Å². The molecule has 0 radical (unpaired) electrons. The molecule has 1 saturated carbocycles. The van der Waals surface area contributed by atoms with Gasteiger partial charge in [-0.15, -0.1) is 0 Å². The Morgan fingerprint density at radius 1 is 1.26 bits per heavy atom. The minimum atomic E-state index is -0.247. The monoisotopic (exact) mass is 265 g/mol. The third-order valence-corrected chi connectivity index (χ3v) is 4.12. The molecular formula is C16H24FNO. The van der Waals surface area contributed by atoms with Gasteiger partial charge >= 0.3 is 0 Å². The molecule has 1 aromatic carbocycles. The van der Waals surface area contributed by atoms with Gasteiger partial charge in [0.15, 0.2) is 0 Å². The molecule has 1 atom stereocenters. The molecule has 0 saturated heterocycles. The highest BCUT2D eigenvalue weighted by Gasteiger charge is 2.25. The summed E-state index contributed by atoms with van der Waals surface area (Å²) in [5.74, 6) is 0.796. The predicted molar refractivity (Wildman–Crippen MR) is 76.2 cm³/mol. The van der Waals surface area contributed by atoms with Crippen LogP contribution in [-0.4, -0.2) is 5.91 Å². The van der Waals surface area contributed by atoms with Crippen LogP contribution in [0, 0.1) is 17.7 Å². The quantitative estimate of drug-likeness (QED) is 0.876. The molecule has 19 heavy (non-hydrogen) atoms. The van der Waals surface area contributed by atoms with Crippen LogP contribution in [0.1, 0.15) is 52.6 Å². The first kappa shape index (κ1) is 14.0. The second kappa shape index (κ2) is 6.18. The van der Waals surface area contributed by atoms with Crippen LogP contribution in [0.2, 0.25) is 0 Å². The lowest BCUT2D eigenvalue weighted by Gasteiger charge is -2.26. The third kappa shape index (κ3) is 3.79. The fourth-order valence-electron chi connectivity index (χ4n) is 2.69. The summed E-state index contributed by atoms with van der Waals surface area (Å²) in [6.45, 7) is 4.19. The van der Waals surface area contributed by atoms with Crippen molar-refractivity contribution in [1.82, 2.24) is 5.32 Å². The number of rotatable bonds is 3. The maximum Gasteiger partial charge on any atom is 0.223 e. The Balaban J connectivity index is 0.00000200. The Hall–Kier alpha value is -1.38. The van der Waals surface area contributed by atoms with Gasteiger partial charge in [-0.25, -0.2) is 4.39 Å². The van der Waals surface area contributed by atoms with E-state index in [2.05, 4.69) is 12.2 Å². The number of halogens is 1. The minimum absolute atomic E-state index is 0. The number of carbonyl (C=O) groups is 1. The number of carbonyl (C=O) groups excluding carboxylic acids is 1. The average molecular weight is 265 g/mol. The van der Waals surface area contributed by atoms with Gasteiger partial charge in [-0.1, -0.05) is 19.1 Å². The molecule has 0 aromatic heterocycles. The SMILES string of the molecule is CC1CCC(C(=O)N[C@H](C)c2ccc(F)cc2)CC1.[HH]. The number of benzene rings is 1. The van der Waals surface area contributed by atoms with Gasteiger partial charge in [-0.05, 0) is 56.2 Å². The van der Waals surface area contributed by atoms with Crippen molar-refractivity contribution in [2.75, 3.05) is 0 Å². The van der Waals surface area contributed by atoms with Gasteiger partial charge in [-0.2, -0.15) is 0 Å². The largest absolute Gasteiger partial charge is 0.349 e. The highest BCUT2D eigenvalue weighted by atomic mass is 19.1. The molecule has 1 aromatic rings. The van der Waals surface area contributed by atoms with Crippen LogP contribution in [0.3, 0.4) is 0 Å².